The predicted molar refractivity (Wildman–Crippen MR) is 153 cm³/mol. The van der Waals surface area contributed by atoms with E-state index < -0.39 is 17.7 Å². The predicted octanol–water partition coefficient (Wildman–Crippen LogP) is 3.55. The second-order valence-electron chi connectivity index (χ2n) is 12.1. The molecular weight excluding hydrogens is 494 g/mol. The molecule has 2 atom stereocenters. The van der Waals surface area contributed by atoms with Gasteiger partial charge in [0, 0.05) is 38.4 Å². The van der Waals surface area contributed by atoms with Crippen LogP contribution in [0.5, 0.6) is 0 Å². The summed E-state index contributed by atoms with van der Waals surface area (Å²) in [4.78, 5) is 44.5. The highest BCUT2D eigenvalue weighted by Gasteiger charge is 2.35. The number of carbonyl (C=O) groups excluding carboxylic acids is 3. The van der Waals surface area contributed by atoms with Crippen molar-refractivity contribution in [3.8, 4) is 0 Å². The Labute approximate surface area is 232 Å². The number of hydrogen-bond donors (Lipinski definition) is 2. The highest BCUT2D eigenvalue weighted by atomic mass is 16.6. The number of allylic oxidation sites excluding steroid dienone is 1. The quantitative estimate of drug-likeness (QED) is 0.525. The van der Waals surface area contributed by atoms with Crippen molar-refractivity contribution in [2.24, 2.45) is 5.92 Å². The second kappa shape index (κ2) is 12.4. The zero-order valence-electron chi connectivity index (χ0n) is 24.2. The first kappa shape index (κ1) is 28.9. The number of carbonyl (C=O) groups is 3. The van der Waals surface area contributed by atoms with Crippen LogP contribution in [0, 0.1) is 5.92 Å². The third kappa shape index (κ3) is 8.21. The van der Waals surface area contributed by atoms with Gasteiger partial charge in [0.2, 0.25) is 11.8 Å². The molecule has 2 saturated heterocycles. The van der Waals surface area contributed by atoms with Crippen LogP contribution in [0.4, 0.5) is 10.5 Å². The summed E-state index contributed by atoms with van der Waals surface area (Å²) in [6.07, 6.45) is 7.69. The van der Waals surface area contributed by atoms with Crippen LogP contribution in [0.15, 0.2) is 24.3 Å². The normalized spacial score (nSPS) is 21.2. The molecule has 9 heteroatoms. The Morgan fingerprint density at radius 3 is 2.46 bits per heavy atom. The van der Waals surface area contributed by atoms with E-state index in [-0.39, 0.29) is 24.4 Å². The van der Waals surface area contributed by atoms with E-state index in [4.69, 9.17) is 4.74 Å². The Bertz CT molecular complexity index is 1070. The van der Waals surface area contributed by atoms with Gasteiger partial charge in [-0.1, -0.05) is 18.2 Å². The van der Waals surface area contributed by atoms with Crippen LogP contribution in [-0.2, 0) is 14.3 Å². The lowest BCUT2D eigenvalue weighted by atomic mass is 9.98. The molecular formula is C30H45N5O4. The maximum atomic E-state index is 13.4. The Kier molecular flexibility index (Phi) is 9.20. The number of nitrogens with one attached hydrogen (secondary N) is 2. The SMILES string of the molecule is C[C@H](NC(=O)[C@@H]1CCCN1C(=O)CNC(=O)OC(C)(C)C)c1ccc(N2CCN(C)CC2)cc1/C=C/C1CC1. The number of benzene rings is 1. The summed E-state index contributed by atoms with van der Waals surface area (Å²) < 4.78 is 5.22. The summed E-state index contributed by atoms with van der Waals surface area (Å²) in [7, 11) is 2.16. The van der Waals surface area contributed by atoms with E-state index in [1.807, 2.05) is 6.92 Å². The fourth-order valence-electron chi connectivity index (χ4n) is 5.18. The van der Waals surface area contributed by atoms with E-state index in [2.05, 4.69) is 57.8 Å². The Balaban J connectivity index is 1.40. The smallest absolute Gasteiger partial charge is 0.408 e. The number of anilines is 1. The third-order valence-electron chi connectivity index (χ3n) is 7.59. The summed E-state index contributed by atoms with van der Waals surface area (Å²) in [6.45, 7) is 11.7. The van der Waals surface area contributed by atoms with Crippen molar-refractivity contribution in [2.45, 2.75) is 71.1 Å². The standard InChI is InChI=1S/C30H45N5O4/c1-21(32-28(37)26-7-6-14-35(26)27(36)20-31-29(38)39-30(2,3)4)25-13-12-24(34-17-15-33(5)16-18-34)19-23(25)11-10-22-8-9-22/h10-13,19,21-22,26H,6-9,14-18,20H2,1-5H3,(H,31,38)(H,32,37)/b11-10+/t21-,26-/m0/s1. The van der Waals surface area contributed by atoms with Crippen LogP contribution in [0.2, 0.25) is 0 Å². The number of likely N-dealkylation sites (N-methyl/N-ethyl adjacent to an activating group) is 1. The lowest BCUT2D eigenvalue weighted by Crippen LogP contribution is -2.49. The molecule has 39 heavy (non-hydrogen) atoms. The monoisotopic (exact) mass is 539 g/mol. The molecule has 0 bridgehead atoms. The fraction of sp³-hybridized carbons (Fsp3) is 0.633. The first-order valence-corrected chi connectivity index (χ1v) is 14.3. The molecule has 2 N–H and O–H groups in total. The maximum absolute atomic E-state index is 13.4. The van der Waals surface area contributed by atoms with Gasteiger partial charge >= 0.3 is 6.09 Å². The van der Waals surface area contributed by atoms with Crippen LogP contribution in [0.1, 0.15) is 70.5 Å². The molecule has 3 amide bonds. The Morgan fingerprint density at radius 1 is 1.08 bits per heavy atom. The number of alkyl carbamates (subject to hydrolysis) is 1. The Hall–Kier alpha value is -3.07. The third-order valence-corrected chi connectivity index (χ3v) is 7.59. The van der Waals surface area contributed by atoms with Crippen molar-refractivity contribution < 1.29 is 19.1 Å². The first-order chi connectivity index (χ1) is 18.5. The van der Waals surface area contributed by atoms with Gasteiger partial charge in [-0.25, -0.2) is 4.79 Å². The van der Waals surface area contributed by atoms with Crippen molar-refractivity contribution in [3.63, 3.8) is 0 Å². The van der Waals surface area contributed by atoms with Gasteiger partial charge in [0.15, 0.2) is 0 Å². The molecule has 0 unspecified atom stereocenters. The summed E-state index contributed by atoms with van der Waals surface area (Å²) in [6, 6.07) is 5.78. The van der Waals surface area contributed by atoms with E-state index in [1.54, 1.807) is 25.7 Å². The van der Waals surface area contributed by atoms with Crippen molar-refractivity contribution in [1.29, 1.82) is 0 Å². The molecule has 9 nitrogen and oxygen atoms in total. The number of nitrogens with zero attached hydrogens (tertiary/aromatic N) is 3. The molecule has 4 rings (SSSR count). The lowest BCUT2D eigenvalue weighted by molar-refractivity contribution is -0.138. The van der Waals surface area contributed by atoms with Crippen molar-refractivity contribution in [2.75, 3.05) is 51.2 Å². The number of piperazine rings is 1. The van der Waals surface area contributed by atoms with Crippen LogP contribution in [0.3, 0.4) is 0 Å². The second-order valence-corrected chi connectivity index (χ2v) is 12.1. The van der Waals surface area contributed by atoms with Gasteiger partial charge in [-0.2, -0.15) is 0 Å². The zero-order valence-corrected chi connectivity index (χ0v) is 24.2. The average Bonchev–Trinajstić information content (AvgIpc) is 3.58. The highest BCUT2D eigenvalue weighted by Crippen LogP contribution is 2.33. The molecule has 2 heterocycles. The lowest BCUT2D eigenvalue weighted by Gasteiger charge is -2.34. The minimum Gasteiger partial charge on any atom is -0.444 e. The summed E-state index contributed by atoms with van der Waals surface area (Å²) >= 11 is 0. The number of hydrogen-bond acceptors (Lipinski definition) is 6. The van der Waals surface area contributed by atoms with Crippen molar-refractivity contribution in [3.05, 3.63) is 35.4 Å². The van der Waals surface area contributed by atoms with Crippen LogP contribution in [-0.4, -0.2) is 85.7 Å². The van der Waals surface area contributed by atoms with Gasteiger partial charge in [0.25, 0.3) is 0 Å². The van der Waals surface area contributed by atoms with Gasteiger partial charge in [-0.3, -0.25) is 9.59 Å². The fourth-order valence-corrected chi connectivity index (χ4v) is 5.18. The number of amides is 3. The molecule has 1 aliphatic carbocycles. The molecule has 3 aliphatic rings. The minimum atomic E-state index is -0.644. The molecule has 214 valence electrons. The van der Waals surface area contributed by atoms with E-state index >= 15 is 0 Å². The molecule has 2 aliphatic heterocycles. The maximum Gasteiger partial charge on any atom is 0.408 e. The molecule has 1 aromatic carbocycles. The summed E-state index contributed by atoms with van der Waals surface area (Å²) in [5.41, 5.74) is 2.77. The van der Waals surface area contributed by atoms with Crippen LogP contribution in [0.25, 0.3) is 6.08 Å². The average molecular weight is 540 g/mol. The summed E-state index contributed by atoms with van der Waals surface area (Å²) in [5, 5.41) is 5.68. The van der Waals surface area contributed by atoms with Crippen LogP contribution >= 0.6 is 0 Å². The van der Waals surface area contributed by atoms with Gasteiger partial charge in [0.05, 0.1) is 6.04 Å². The van der Waals surface area contributed by atoms with E-state index in [0.29, 0.717) is 18.9 Å². The minimum absolute atomic E-state index is 0.161. The molecule has 0 aromatic heterocycles. The number of ether oxygens (including phenoxy) is 1. The molecule has 0 radical (unpaired) electrons. The van der Waals surface area contributed by atoms with Gasteiger partial charge in [-0.15, -0.1) is 0 Å². The molecule has 1 saturated carbocycles. The molecule has 0 spiro atoms. The Morgan fingerprint density at radius 2 is 1.79 bits per heavy atom. The topological polar surface area (TPSA) is 94.2 Å². The first-order valence-electron chi connectivity index (χ1n) is 14.3. The van der Waals surface area contributed by atoms with E-state index in [0.717, 1.165) is 43.7 Å². The number of rotatable bonds is 8. The number of likely N-dealkylation sites (tertiary alicyclic amines) is 1. The van der Waals surface area contributed by atoms with E-state index in [9.17, 15) is 14.4 Å². The van der Waals surface area contributed by atoms with Crippen molar-refractivity contribution in [1.82, 2.24) is 20.4 Å². The molecule has 1 aromatic rings. The highest BCUT2D eigenvalue weighted by molar-refractivity contribution is 5.90. The van der Waals surface area contributed by atoms with Crippen molar-refractivity contribution >= 4 is 29.7 Å². The van der Waals surface area contributed by atoms with E-state index in [1.165, 1.54) is 18.5 Å². The van der Waals surface area contributed by atoms with Gasteiger partial charge < -0.3 is 30.1 Å². The zero-order chi connectivity index (χ0) is 28.2. The largest absolute Gasteiger partial charge is 0.444 e. The van der Waals surface area contributed by atoms with Gasteiger partial charge in [0.1, 0.15) is 18.2 Å². The van der Waals surface area contributed by atoms with Gasteiger partial charge in [-0.05, 0) is 89.6 Å². The summed E-state index contributed by atoms with van der Waals surface area (Å²) in [5.74, 6) is 0.212. The molecule has 3 fully saturated rings. The van der Waals surface area contributed by atoms with Crippen LogP contribution < -0.4 is 15.5 Å².